The van der Waals surface area contributed by atoms with Crippen LogP contribution in [0.1, 0.15) is 10.4 Å². The molecule has 0 saturated heterocycles. The van der Waals surface area contributed by atoms with Crippen molar-refractivity contribution in [2.24, 2.45) is 0 Å². The number of nitrogens with two attached hydrogens (primary N) is 1. The number of halogens is 1. The first kappa shape index (κ1) is 17.6. The third-order valence-electron chi connectivity index (χ3n) is 3.72. The molecule has 1 amide bonds. The normalized spacial score (nSPS) is 10.2. The minimum atomic E-state index is -0.195. The number of nitrogens with one attached hydrogen (secondary N) is 2. The van der Waals surface area contributed by atoms with E-state index in [1.807, 2.05) is 30.3 Å². The maximum Gasteiger partial charge on any atom is 0.251 e. The maximum atomic E-state index is 11.7. The van der Waals surface area contributed by atoms with Gasteiger partial charge in [-0.3, -0.25) is 4.79 Å². The van der Waals surface area contributed by atoms with Gasteiger partial charge in [0.25, 0.3) is 5.91 Å². The van der Waals surface area contributed by atoms with Crippen LogP contribution in [0.2, 0.25) is 5.02 Å². The summed E-state index contributed by atoms with van der Waals surface area (Å²) in [5.41, 5.74) is 8.33. The fourth-order valence-electron chi connectivity index (χ4n) is 2.41. The molecule has 0 aliphatic rings. The molecule has 0 bridgehead atoms. The molecule has 5 nitrogen and oxygen atoms in total. The maximum absolute atomic E-state index is 11.7. The summed E-state index contributed by atoms with van der Waals surface area (Å²) in [6, 6.07) is 19.8. The van der Waals surface area contributed by atoms with E-state index in [0.29, 0.717) is 39.1 Å². The zero-order chi connectivity index (χ0) is 18.5. The molecule has 0 fully saturated rings. The van der Waals surface area contributed by atoms with Gasteiger partial charge in [-0.15, -0.1) is 0 Å². The van der Waals surface area contributed by atoms with Crippen molar-refractivity contribution in [2.75, 3.05) is 18.1 Å². The molecule has 6 heteroatoms. The second-order valence-corrected chi connectivity index (χ2v) is 6.00. The van der Waals surface area contributed by atoms with Gasteiger partial charge in [-0.1, -0.05) is 29.8 Å². The lowest BCUT2D eigenvalue weighted by Gasteiger charge is -2.15. The van der Waals surface area contributed by atoms with Gasteiger partial charge in [-0.05, 0) is 48.5 Å². The monoisotopic (exact) mass is 367 g/mol. The van der Waals surface area contributed by atoms with Crippen molar-refractivity contribution in [3.05, 3.63) is 77.3 Å². The van der Waals surface area contributed by atoms with Crippen LogP contribution in [0.15, 0.2) is 66.7 Å². The number of hydrogen-bond donors (Lipinski definition) is 3. The van der Waals surface area contributed by atoms with Crippen molar-refractivity contribution in [3.63, 3.8) is 0 Å². The Kier molecular flexibility index (Phi) is 5.29. The average molecular weight is 368 g/mol. The molecule has 0 unspecified atom stereocenters. The Bertz CT molecular complexity index is 930. The van der Waals surface area contributed by atoms with Crippen LogP contribution in [0.3, 0.4) is 0 Å². The van der Waals surface area contributed by atoms with Crippen LogP contribution in [0.4, 0.5) is 17.1 Å². The highest BCUT2D eigenvalue weighted by molar-refractivity contribution is 6.31. The average Bonchev–Trinajstić information content (AvgIpc) is 2.65. The molecule has 0 heterocycles. The Labute approximate surface area is 156 Å². The van der Waals surface area contributed by atoms with Gasteiger partial charge in [0, 0.05) is 17.6 Å². The minimum Gasteiger partial charge on any atom is -0.455 e. The molecule has 0 atom stereocenters. The number of hydrogen-bond acceptors (Lipinski definition) is 4. The molecule has 3 aromatic carbocycles. The van der Waals surface area contributed by atoms with Crippen LogP contribution in [0.25, 0.3) is 0 Å². The first-order valence-electron chi connectivity index (χ1n) is 7.98. The van der Waals surface area contributed by atoms with E-state index < -0.39 is 0 Å². The van der Waals surface area contributed by atoms with E-state index in [-0.39, 0.29) is 5.91 Å². The van der Waals surface area contributed by atoms with E-state index >= 15 is 0 Å². The zero-order valence-electron chi connectivity index (χ0n) is 14.1. The van der Waals surface area contributed by atoms with Crippen molar-refractivity contribution < 1.29 is 9.53 Å². The summed E-state index contributed by atoms with van der Waals surface area (Å²) >= 11 is 6.13. The quantitative estimate of drug-likeness (QED) is 0.565. The highest BCUT2D eigenvalue weighted by atomic mass is 35.5. The minimum absolute atomic E-state index is 0.195. The van der Waals surface area contributed by atoms with E-state index in [4.69, 9.17) is 22.1 Å². The lowest BCUT2D eigenvalue weighted by atomic mass is 10.1. The van der Waals surface area contributed by atoms with Crippen molar-refractivity contribution >= 4 is 34.6 Å². The summed E-state index contributed by atoms with van der Waals surface area (Å²) in [6.07, 6.45) is 0. The Morgan fingerprint density at radius 2 is 1.77 bits per heavy atom. The van der Waals surface area contributed by atoms with Gasteiger partial charge in [-0.2, -0.15) is 0 Å². The summed E-state index contributed by atoms with van der Waals surface area (Å²) in [6.45, 7) is 0. The predicted molar refractivity (Wildman–Crippen MR) is 105 cm³/mol. The SMILES string of the molecule is CNC(=O)c1ccc(Nc2cc(Cl)ccc2Oc2ccccc2)c(N)c1. The van der Waals surface area contributed by atoms with Gasteiger partial charge >= 0.3 is 0 Å². The van der Waals surface area contributed by atoms with Crippen molar-refractivity contribution in [1.82, 2.24) is 5.32 Å². The van der Waals surface area contributed by atoms with Gasteiger partial charge < -0.3 is 21.1 Å². The molecular weight excluding hydrogens is 350 g/mol. The Morgan fingerprint density at radius 3 is 2.46 bits per heavy atom. The van der Waals surface area contributed by atoms with E-state index in [1.165, 1.54) is 0 Å². The predicted octanol–water partition coefficient (Wildman–Crippen LogP) is 4.82. The van der Waals surface area contributed by atoms with Gasteiger partial charge in [0.2, 0.25) is 0 Å². The van der Waals surface area contributed by atoms with Gasteiger partial charge in [-0.25, -0.2) is 0 Å². The lowest BCUT2D eigenvalue weighted by Crippen LogP contribution is -2.18. The van der Waals surface area contributed by atoms with Crippen molar-refractivity contribution in [3.8, 4) is 11.5 Å². The number of rotatable bonds is 5. The molecule has 4 N–H and O–H groups in total. The first-order chi connectivity index (χ1) is 12.6. The Balaban J connectivity index is 1.90. The van der Waals surface area contributed by atoms with E-state index in [1.54, 1.807) is 43.4 Å². The van der Waals surface area contributed by atoms with Crippen LogP contribution in [0, 0.1) is 0 Å². The largest absolute Gasteiger partial charge is 0.455 e. The molecule has 0 aliphatic carbocycles. The molecule has 3 aromatic rings. The van der Waals surface area contributed by atoms with Crippen LogP contribution in [-0.4, -0.2) is 13.0 Å². The summed E-state index contributed by atoms with van der Waals surface area (Å²) in [7, 11) is 1.57. The molecule has 26 heavy (non-hydrogen) atoms. The van der Waals surface area contributed by atoms with Gasteiger partial charge in [0.15, 0.2) is 5.75 Å². The highest BCUT2D eigenvalue weighted by Gasteiger charge is 2.10. The molecule has 132 valence electrons. The standard InChI is InChI=1S/C20H18ClN3O2/c1-23-20(25)13-7-9-17(16(22)11-13)24-18-12-14(21)8-10-19(18)26-15-5-3-2-4-6-15/h2-12,24H,22H2,1H3,(H,23,25). The second kappa shape index (κ2) is 7.80. The summed E-state index contributed by atoms with van der Waals surface area (Å²) in [5.74, 6) is 1.12. The number of amides is 1. The summed E-state index contributed by atoms with van der Waals surface area (Å²) < 4.78 is 5.93. The Hall–Kier alpha value is -3.18. The van der Waals surface area contributed by atoms with E-state index in [9.17, 15) is 4.79 Å². The van der Waals surface area contributed by atoms with E-state index in [0.717, 1.165) is 0 Å². The van der Waals surface area contributed by atoms with Gasteiger partial charge in [0.1, 0.15) is 5.75 Å². The van der Waals surface area contributed by atoms with E-state index in [2.05, 4.69) is 10.6 Å². The van der Waals surface area contributed by atoms with Crippen LogP contribution >= 0.6 is 11.6 Å². The summed E-state index contributed by atoms with van der Waals surface area (Å²) in [4.78, 5) is 11.7. The lowest BCUT2D eigenvalue weighted by molar-refractivity contribution is 0.0963. The first-order valence-corrected chi connectivity index (χ1v) is 8.35. The molecule has 0 spiro atoms. The zero-order valence-corrected chi connectivity index (χ0v) is 14.9. The molecule has 0 aliphatic heterocycles. The number of ether oxygens (including phenoxy) is 1. The number of para-hydroxylation sites is 1. The van der Waals surface area contributed by atoms with Crippen LogP contribution in [0.5, 0.6) is 11.5 Å². The summed E-state index contributed by atoms with van der Waals surface area (Å²) in [5, 5.41) is 6.35. The third kappa shape index (κ3) is 4.07. The molecule has 0 aromatic heterocycles. The highest BCUT2D eigenvalue weighted by Crippen LogP contribution is 2.35. The molecule has 0 radical (unpaired) electrons. The Morgan fingerprint density at radius 1 is 1.00 bits per heavy atom. The molecule has 0 saturated carbocycles. The molecule has 3 rings (SSSR count). The fraction of sp³-hybridized carbons (Fsp3) is 0.0500. The smallest absolute Gasteiger partial charge is 0.251 e. The fourth-order valence-corrected chi connectivity index (χ4v) is 2.58. The molecular formula is C20H18ClN3O2. The van der Waals surface area contributed by atoms with Crippen LogP contribution in [-0.2, 0) is 0 Å². The van der Waals surface area contributed by atoms with Crippen molar-refractivity contribution in [2.45, 2.75) is 0 Å². The third-order valence-corrected chi connectivity index (χ3v) is 3.96. The number of carbonyl (C=O) groups excluding carboxylic acids is 1. The topological polar surface area (TPSA) is 76.4 Å². The number of anilines is 3. The van der Waals surface area contributed by atoms with Crippen LogP contribution < -0.4 is 21.1 Å². The van der Waals surface area contributed by atoms with Crippen molar-refractivity contribution in [1.29, 1.82) is 0 Å². The second-order valence-electron chi connectivity index (χ2n) is 5.56. The number of nitrogen functional groups attached to an aromatic ring is 1. The number of carbonyl (C=O) groups is 1. The number of benzene rings is 3. The van der Waals surface area contributed by atoms with Gasteiger partial charge in [0.05, 0.1) is 17.1 Å².